The van der Waals surface area contributed by atoms with Gasteiger partial charge in [0.05, 0.1) is 13.0 Å². The summed E-state index contributed by atoms with van der Waals surface area (Å²) in [7, 11) is 0. The van der Waals surface area contributed by atoms with E-state index in [0.29, 0.717) is 19.7 Å². The minimum Gasteiger partial charge on any atom is -0.466 e. The van der Waals surface area contributed by atoms with Crippen LogP contribution in [0.2, 0.25) is 0 Å². The number of hydrogen-bond donors (Lipinski definition) is 2. The van der Waals surface area contributed by atoms with Crippen LogP contribution in [0.5, 0.6) is 0 Å². The van der Waals surface area contributed by atoms with Crippen molar-refractivity contribution in [3.63, 3.8) is 0 Å². The Labute approximate surface area is 129 Å². The molecule has 2 N–H and O–H groups in total. The summed E-state index contributed by atoms with van der Waals surface area (Å²) < 4.78 is 4.77. The Morgan fingerprint density at radius 1 is 1.32 bits per heavy atom. The van der Waals surface area contributed by atoms with Crippen molar-refractivity contribution in [1.82, 2.24) is 10.6 Å². The third-order valence-corrected chi connectivity index (χ3v) is 2.69. The normalized spacial score (nSPS) is 10.5. The highest BCUT2D eigenvalue weighted by Crippen LogP contribution is 1.99. The van der Waals surface area contributed by atoms with Crippen LogP contribution in [0.15, 0.2) is 42.1 Å². The number of nitriles is 1. The maximum atomic E-state index is 11.8. The van der Waals surface area contributed by atoms with E-state index >= 15 is 0 Å². The summed E-state index contributed by atoms with van der Waals surface area (Å²) in [6.07, 6.45) is 1.48. The molecule has 116 valence electrons. The Hall–Kier alpha value is -2.81. The van der Waals surface area contributed by atoms with Crippen molar-refractivity contribution in [1.29, 1.82) is 5.26 Å². The standard InChI is InChI=1S/C16H19N3O3/c1-2-22-15(20)8-9-18-12-14(10-17)16(21)19-11-13-6-4-3-5-7-13/h3-7,12,18H,2,8-9,11H2,1H3,(H,19,21)/b14-12-. The Morgan fingerprint density at radius 2 is 2.05 bits per heavy atom. The van der Waals surface area contributed by atoms with Gasteiger partial charge >= 0.3 is 5.97 Å². The van der Waals surface area contributed by atoms with Gasteiger partial charge in [-0.15, -0.1) is 0 Å². The summed E-state index contributed by atoms with van der Waals surface area (Å²) in [5.41, 5.74) is 0.906. The van der Waals surface area contributed by atoms with E-state index < -0.39 is 5.91 Å². The molecule has 1 rings (SSSR count). The average Bonchev–Trinajstić information content (AvgIpc) is 2.54. The molecule has 0 aliphatic heterocycles. The van der Waals surface area contributed by atoms with Crippen molar-refractivity contribution < 1.29 is 14.3 Å². The van der Waals surface area contributed by atoms with Crippen LogP contribution in [-0.4, -0.2) is 25.0 Å². The number of benzene rings is 1. The van der Waals surface area contributed by atoms with Gasteiger partial charge in [-0.05, 0) is 12.5 Å². The largest absolute Gasteiger partial charge is 0.466 e. The molecule has 1 amide bonds. The molecule has 0 aromatic heterocycles. The SMILES string of the molecule is CCOC(=O)CCN/C=C(/C#N)C(=O)NCc1ccccc1. The van der Waals surface area contributed by atoms with Crippen molar-refractivity contribution in [2.75, 3.05) is 13.2 Å². The van der Waals surface area contributed by atoms with Crippen LogP contribution in [0.4, 0.5) is 0 Å². The highest BCUT2D eigenvalue weighted by molar-refractivity contribution is 5.97. The van der Waals surface area contributed by atoms with Gasteiger partial charge in [0.15, 0.2) is 0 Å². The van der Waals surface area contributed by atoms with Gasteiger partial charge < -0.3 is 15.4 Å². The van der Waals surface area contributed by atoms with E-state index in [1.54, 1.807) is 6.92 Å². The number of nitrogens with one attached hydrogen (secondary N) is 2. The number of esters is 1. The van der Waals surface area contributed by atoms with Gasteiger partial charge in [0.2, 0.25) is 0 Å². The first-order chi connectivity index (χ1) is 10.7. The molecule has 6 heteroatoms. The first-order valence-corrected chi connectivity index (χ1v) is 6.98. The van der Waals surface area contributed by atoms with E-state index in [-0.39, 0.29) is 18.0 Å². The summed E-state index contributed by atoms with van der Waals surface area (Å²) in [6.45, 7) is 2.72. The molecule has 0 spiro atoms. The number of nitrogens with zero attached hydrogens (tertiary/aromatic N) is 1. The van der Waals surface area contributed by atoms with E-state index in [1.165, 1.54) is 6.20 Å². The summed E-state index contributed by atoms with van der Waals surface area (Å²) in [4.78, 5) is 23.0. The summed E-state index contributed by atoms with van der Waals surface area (Å²) >= 11 is 0. The predicted octanol–water partition coefficient (Wildman–Crippen LogP) is 1.25. The fraction of sp³-hybridized carbons (Fsp3) is 0.312. The number of hydrogen-bond acceptors (Lipinski definition) is 5. The van der Waals surface area contributed by atoms with Crippen LogP contribution in [0.25, 0.3) is 0 Å². The first kappa shape index (κ1) is 17.2. The molecule has 0 saturated heterocycles. The monoisotopic (exact) mass is 301 g/mol. The summed E-state index contributed by atoms with van der Waals surface area (Å²) in [5.74, 6) is -0.787. The number of carbonyl (C=O) groups excluding carboxylic acids is 2. The molecule has 6 nitrogen and oxygen atoms in total. The Morgan fingerprint density at radius 3 is 2.68 bits per heavy atom. The van der Waals surface area contributed by atoms with E-state index in [2.05, 4.69) is 10.6 Å². The maximum Gasteiger partial charge on any atom is 0.307 e. The minimum absolute atomic E-state index is 0.0419. The van der Waals surface area contributed by atoms with E-state index in [1.807, 2.05) is 36.4 Å². The highest BCUT2D eigenvalue weighted by Gasteiger charge is 2.08. The molecule has 0 heterocycles. The lowest BCUT2D eigenvalue weighted by Gasteiger charge is -2.05. The van der Waals surface area contributed by atoms with Crippen LogP contribution < -0.4 is 10.6 Å². The van der Waals surface area contributed by atoms with Crippen molar-refractivity contribution in [2.45, 2.75) is 19.9 Å². The van der Waals surface area contributed by atoms with E-state index in [0.717, 1.165) is 5.56 Å². The van der Waals surface area contributed by atoms with Gasteiger partial charge in [0.1, 0.15) is 11.6 Å². The zero-order valence-corrected chi connectivity index (χ0v) is 12.5. The summed E-state index contributed by atoms with van der Waals surface area (Å²) in [6, 6.07) is 11.2. The van der Waals surface area contributed by atoms with Crippen LogP contribution in [0.1, 0.15) is 18.9 Å². The van der Waals surface area contributed by atoms with Gasteiger partial charge in [-0.3, -0.25) is 9.59 Å². The molecular weight excluding hydrogens is 282 g/mol. The second-order valence-electron chi connectivity index (χ2n) is 4.35. The maximum absolute atomic E-state index is 11.8. The molecular formula is C16H19N3O3. The van der Waals surface area contributed by atoms with E-state index in [9.17, 15) is 9.59 Å². The Bertz CT molecular complexity index is 562. The van der Waals surface area contributed by atoms with Gasteiger partial charge in [-0.2, -0.15) is 5.26 Å². The number of ether oxygens (including phenoxy) is 1. The lowest BCUT2D eigenvalue weighted by Crippen LogP contribution is -2.25. The average molecular weight is 301 g/mol. The topological polar surface area (TPSA) is 91.2 Å². The van der Waals surface area contributed by atoms with Gasteiger partial charge in [-0.25, -0.2) is 0 Å². The molecule has 0 atom stereocenters. The predicted molar refractivity (Wildman–Crippen MR) is 81.2 cm³/mol. The minimum atomic E-state index is -0.463. The molecule has 0 aliphatic carbocycles. The van der Waals surface area contributed by atoms with Crippen LogP contribution in [0.3, 0.4) is 0 Å². The molecule has 1 aromatic carbocycles. The second kappa shape index (κ2) is 10.00. The lowest BCUT2D eigenvalue weighted by atomic mass is 10.2. The Balaban J connectivity index is 2.39. The zero-order valence-electron chi connectivity index (χ0n) is 12.5. The number of carbonyl (C=O) groups is 2. The Kier molecular flexibility index (Phi) is 7.83. The second-order valence-corrected chi connectivity index (χ2v) is 4.35. The molecule has 0 radical (unpaired) electrons. The fourth-order valence-corrected chi connectivity index (χ4v) is 1.60. The first-order valence-electron chi connectivity index (χ1n) is 6.98. The summed E-state index contributed by atoms with van der Waals surface area (Å²) in [5, 5.41) is 14.4. The smallest absolute Gasteiger partial charge is 0.307 e. The van der Waals surface area contributed by atoms with Crippen molar-refractivity contribution in [3.05, 3.63) is 47.7 Å². The molecule has 1 aromatic rings. The molecule has 0 fully saturated rings. The van der Waals surface area contributed by atoms with Gasteiger partial charge in [0, 0.05) is 19.3 Å². The number of rotatable bonds is 8. The fourth-order valence-electron chi connectivity index (χ4n) is 1.60. The van der Waals surface area contributed by atoms with Crippen molar-refractivity contribution in [2.24, 2.45) is 0 Å². The van der Waals surface area contributed by atoms with Crippen LogP contribution in [0, 0.1) is 11.3 Å². The third kappa shape index (κ3) is 6.57. The van der Waals surface area contributed by atoms with Crippen LogP contribution >= 0.6 is 0 Å². The van der Waals surface area contributed by atoms with E-state index in [4.69, 9.17) is 10.00 Å². The zero-order chi connectivity index (χ0) is 16.2. The molecule has 0 unspecified atom stereocenters. The molecule has 0 saturated carbocycles. The van der Waals surface area contributed by atoms with Crippen molar-refractivity contribution >= 4 is 11.9 Å². The molecule has 0 bridgehead atoms. The number of amides is 1. The lowest BCUT2D eigenvalue weighted by molar-refractivity contribution is -0.142. The molecule has 22 heavy (non-hydrogen) atoms. The van der Waals surface area contributed by atoms with Crippen molar-refractivity contribution in [3.8, 4) is 6.07 Å². The molecule has 0 aliphatic rings. The quantitative estimate of drug-likeness (QED) is 0.326. The van der Waals surface area contributed by atoms with Gasteiger partial charge in [0.25, 0.3) is 5.91 Å². The highest BCUT2D eigenvalue weighted by atomic mass is 16.5. The van der Waals surface area contributed by atoms with Crippen LogP contribution in [-0.2, 0) is 20.9 Å². The van der Waals surface area contributed by atoms with Gasteiger partial charge in [-0.1, -0.05) is 30.3 Å². The third-order valence-electron chi connectivity index (χ3n) is 2.69.